The van der Waals surface area contributed by atoms with Crippen LogP contribution >= 0.6 is 0 Å². The number of aryl methyl sites for hydroxylation is 14. The van der Waals surface area contributed by atoms with Crippen LogP contribution in [0.15, 0.2) is 200 Å². The van der Waals surface area contributed by atoms with E-state index in [2.05, 4.69) is 249 Å². The van der Waals surface area contributed by atoms with Crippen molar-refractivity contribution in [1.29, 1.82) is 0 Å². The van der Waals surface area contributed by atoms with E-state index in [0.717, 1.165) is 190 Å². The lowest BCUT2D eigenvalue weighted by Crippen LogP contribution is -2.25. The molecule has 0 N–H and O–H groups in total. The maximum Gasteiger partial charge on any atom is 0.338 e. The third-order valence-corrected chi connectivity index (χ3v) is 27.1. The summed E-state index contributed by atoms with van der Waals surface area (Å²) in [6.45, 7) is 49.1. The van der Waals surface area contributed by atoms with Gasteiger partial charge in [0.15, 0.2) is 11.6 Å². The smallest absolute Gasteiger partial charge is 0.338 e. The Bertz CT molecular complexity index is 5400. The summed E-state index contributed by atoms with van der Waals surface area (Å²) in [6, 6.07) is 69.7. The summed E-state index contributed by atoms with van der Waals surface area (Å²) in [4.78, 5) is 57.5. The van der Waals surface area contributed by atoms with Crippen molar-refractivity contribution in [1.82, 2.24) is 0 Å². The third-order valence-electron chi connectivity index (χ3n) is 27.1. The quantitative estimate of drug-likeness (QED) is 0.104. The Morgan fingerprint density at radius 1 is 0.248 bits per heavy atom. The number of esters is 2. The van der Waals surface area contributed by atoms with Gasteiger partial charge in [0.25, 0.3) is 0 Å². The van der Waals surface area contributed by atoms with Gasteiger partial charge in [0, 0.05) is 42.2 Å². The van der Waals surface area contributed by atoms with Crippen molar-refractivity contribution in [2.45, 2.75) is 299 Å². The van der Waals surface area contributed by atoms with Gasteiger partial charge in [0.1, 0.15) is 40.6 Å². The topological polar surface area (TPSA) is 159 Å². The van der Waals surface area contributed by atoms with Crippen LogP contribution in [0.5, 0.6) is 28.7 Å². The Morgan fingerprint density at radius 2 is 0.606 bits per heavy atom. The van der Waals surface area contributed by atoms with Crippen LogP contribution in [0.3, 0.4) is 0 Å². The molecule has 0 saturated carbocycles. The molecular weight excluding hydrogens is 1700 g/mol. The van der Waals surface area contributed by atoms with Crippen molar-refractivity contribution < 1.29 is 61.9 Å². The number of carbonyl (C=O) groups is 5. The van der Waals surface area contributed by atoms with Gasteiger partial charge in [-0.25, -0.2) is 4.79 Å². The Balaban J connectivity index is 0.000000135. The van der Waals surface area contributed by atoms with Gasteiger partial charge in [0.05, 0.1) is 62.3 Å². The van der Waals surface area contributed by atoms with E-state index in [0.29, 0.717) is 65.9 Å². The fraction of sp³-hybridized carbons (Fsp3) is 0.427. The van der Waals surface area contributed by atoms with Gasteiger partial charge in [-0.1, -0.05) is 244 Å². The Morgan fingerprint density at radius 3 is 1.09 bits per heavy atom. The summed E-state index contributed by atoms with van der Waals surface area (Å²) < 4.78 is 44.0. The maximum absolute atomic E-state index is 11.7. The molecule has 13 nitrogen and oxygen atoms in total. The maximum atomic E-state index is 11.7. The van der Waals surface area contributed by atoms with Crippen LogP contribution in [0.2, 0.25) is 0 Å². The zero-order valence-electron chi connectivity index (χ0n) is 85.9. The average Bonchev–Trinajstić information content (AvgIpc) is 0.815. The number of cyclic esters (lactones) is 1. The number of ketones is 3. The van der Waals surface area contributed by atoms with Crippen LogP contribution in [0.4, 0.5) is 0 Å². The zero-order chi connectivity index (χ0) is 98.4. The molecule has 13 heteroatoms. The molecule has 11 aromatic rings. The summed E-state index contributed by atoms with van der Waals surface area (Å²) in [5, 5.41) is 0. The molecule has 8 aliphatic heterocycles. The molecule has 0 amide bonds. The predicted octanol–water partition coefficient (Wildman–Crippen LogP) is 27.5. The summed E-state index contributed by atoms with van der Waals surface area (Å²) in [5.41, 5.74) is 34.8. The lowest BCUT2D eigenvalue weighted by molar-refractivity contribution is -0.139. The average molecular weight is 1850 g/mol. The van der Waals surface area contributed by atoms with Gasteiger partial charge in [-0.15, -0.1) is 0 Å². The second kappa shape index (κ2) is 49.2. The third kappa shape index (κ3) is 30.7. The lowest BCUT2D eigenvalue weighted by Gasteiger charge is -2.23. The van der Waals surface area contributed by atoms with Gasteiger partial charge in [-0.2, -0.15) is 0 Å². The molecule has 724 valence electrons. The van der Waals surface area contributed by atoms with E-state index < -0.39 is 0 Å². The largest absolute Gasteiger partial charge is 0.493 e. The second-order valence-corrected chi connectivity index (χ2v) is 41.1. The molecule has 22 rings (SSSR count). The number of benzene rings is 11. The summed E-state index contributed by atoms with van der Waals surface area (Å²) in [5.74, 6) is 8.10. The van der Waals surface area contributed by atoms with Gasteiger partial charge in [0.2, 0.25) is 0 Å². The van der Waals surface area contributed by atoms with Crippen molar-refractivity contribution >= 4 is 29.3 Å². The SMILES string of the molecule is Cc1ccc2c(c1)C(=O)CC(C)C2.Cc1ccc2c(c1)C(=O)OC(C)C2.Cc1ccc2c(c1)CC(=O)C(C)C2.Cc1ccc2c(c1)CCC(C)C2=O.Cc1ccc2c(c1)CCC(C)O2.Cc1ccc2c(c1)CCC(C)O2.Cc1ccc2c(c1)COC(C)C2.Cc1ccc2c(c1)COC(C)C2.Cc1ccc2c(c1)OC(=O)C(C)C2.Cc1ccc2c(c1)OCC(C)C2.Cc1ccc2c(c1)OCC(C)C2. The van der Waals surface area contributed by atoms with E-state index in [1.807, 2.05) is 103 Å². The van der Waals surface area contributed by atoms with Crippen LogP contribution < -0.4 is 23.7 Å². The van der Waals surface area contributed by atoms with Gasteiger partial charge < -0.3 is 37.9 Å². The van der Waals surface area contributed by atoms with Crippen molar-refractivity contribution in [2.75, 3.05) is 13.2 Å². The normalized spacial score (nSPS) is 21.4. The number of rotatable bonds is 0. The molecule has 8 heterocycles. The van der Waals surface area contributed by atoms with Gasteiger partial charge in [-0.3, -0.25) is 19.2 Å². The molecule has 137 heavy (non-hydrogen) atoms. The molecule has 11 unspecified atom stereocenters. The van der Waals surface area contributed by atoms with E-state index in [-0.39, 0.29) is 35.8 Å². The summed E-state index contributed by atoms with van der Waals surface area (Å²) in [7, 11) is 0. The van der Waals surface area contributed by atoms with Crippen LogP contribution in [-0.2, 0) is 114 Å². The van der Waals surface area contributed by atoms with Crippen LogP contribution in [0, 0.1) is 112 Å². The van der Waals surface area contributed by atoms with Gasteiger partial charge in [-0.05, 0) is 349 Å². The molecule has 11 atom stereocenters. The number of Topliss-reactive ketones (excluding diaryl/α,β-unsaturated/α-hetero) is 3. The molecular formula is C124H150O13. The summed E-state index contributed by atoms with van der Waals surface area (Å²) >= 11 is 0. The number of hydrogen-bond acceptors (Lipinski definition) is 13. The van der Waals surface area contributed by atoms with Crippen molar-refractivity contribution in [2.24, 2.45) is 35.5 Å². The van der Waals surface area contributed by atoms with Crippen LogP contribution in [0.25, 0.3) is 0 Å². The molecule has 0 saturated heterocycles. The minimum atomic E-state index is -0.183. The predicted molar refractivity (Wildman–Crippen MR) is 555 cm³/mol. The minimum Gasteiger partial charge on any atom is -0.493 e. The van der Waals surface area contributed by atoms with Gasteiger partial charge >= 0.3 is 11.9 Å². The first-order valence-electron chi connectivity index (χ1n) is 50.2. The zero-order valence-corrected chi connectivity index (χ0v) is 85.9. The Hall–Kier alpha value is -11.5. The van der Waals surface area contributed by atoms with E-state index in [9.17, 15) is 24.0 Å². The molecule has 11 aromatic carbocycles. The minimum absolute atomic E-state index is 0.00444. The van der Waals surface area contributed by atoms with E-state index in [1.165, 1.54) is 117 Å². The standard InChI is InChI=1S/3C12H14O.2C11H12O2.6C11H14O/c1-8-3-6-11-10(7-8)5-4-9(2)12(11)13;1-8-3-4-10-5-9(2)7-12(13)11(10)6-8;1-8-3-4-10-6-9(2)12(13)7-11(10)5-8;1-7-3-4-9-6-8(2)13-11(12)10(9)5-7;1-7-3-4-9-6-8(2)11(12)13-10(9)5-7;2*1-8-3-6-11-10(7-8)5-4-9(2)12-11;2*1-8-3-4-10-5-9(2)7-12-11(10)6-8;2*1-8-3-4-10-6-9(2)12-7-11(10)5-8/h3,6-7,9H,4-5H2,1-2H3;3-4,6,9H,5,7H2,1-2H3;3-5,9H,6-7H2,1-2H3;2*3-5,8H,6H2,1-2H3;2*3,6-7,9H,4-5H2,1-2H3;2*3-4,6,9H,5,7H2,1-2H3;2*3-5,9H,6-7H2,1-2H3. The number of fused-ring (bicyclic) bond motifs is 11. The number of carbonyl (C=O) groups excluding carboxylic acids is 5. The van der Waals surface area contributed by atoms with Crippen LogP contribution in [-0.4, -0.2) is 73.0 Å². The lowest BCUT2D eigenvalue weighted by atomic mass is 9.83. The fourth-order valence-corrected chi connectivity index (χ4v) is 19.0. The second-order valence-electron chi connectivity index (χ2n) is 41.1. The van der Waals surface area contributed by atoms with E-state index in [1.54, 1.807) is 0 Å². The molecule has 0 aromatic heterocycles. The van der Waals surface area contributed by atoms with E-state index in [4.69, 9.17) is 37.9 Å². The summed E-state index contributed by atoms with van der Waals surface area (Å²) in [6.07, 6.45) is 17.7. The molecule has 11 aliphatic rings. The highest BCUT2D eigenvalue weighted by Gasteiger charge is 2.30. The van der Waals surface area contributed by atoms with Crippen molar-refractivity contribution in [3.8, 4) is 28.7 Å². The highest BCUT2D eigenvalue weighted by molar-refractivity contribution is 6.00. The molecule has 0 bridgehead atoms. The number of ether oxygens (including phenoxy) is 8. The highest BCUT2D eigenvalue weighted by atomic mass is 16.5. The Kier molecular flexibility index (Phi) is 37.5. The first kappa shape index (κ1) is 104. The van der Waals surface area contributed by atoms with Crippen molar-refractivity contribution in [3.63, 3.8) is 0 Å². The fourth-order valence-electron chi connectivity index (χ4n) is 19.0. The first-order valence-corrected chi connectivity index (χ1v) is 50.2. The molecule has 0 fully saturated rings. The van der Waals surface area contributed by atoms with Crippen LogP contribution in [0.1, 0.15) is 272 Å². The highest BCUT2D eigenvalue weighted by Crippen LogP contribution is 2.36. The van der Waals surface area contributed by atoms with Crippen molar-refractivity contribution in [3.05, 3.63) is 356 Å². The molecule has 0 radical (unpaired) electrons. The first-order chi connectivity index (χ1) is 65.4. The monoisotopic (exact) mass is 1850 g/mol. The molecule has 0 spiro atoms. The molecule has 3 aliphatic carbocycles. The van der Waals surface area contributed by atoms with E-state index >= 15 is 0 Å². The number of hydrogen-bond donors (Lipinski definition) is 0. The Labute approximate surface area is 818 Å².